The molecule has 0 saturated heterocycles. The maximum atomic E-state index is 11.4. The summed E-state index contributed by atoms with van der Waals surface area (Å²) in [6.45, 7) is 0.613. The first kappa shape index (κ1) is 14.2. The number of nitrogens with zero attached hydrogens (tertiary/aromatic N) is 1. The Bertz CT molecular complexity index is 363. The summed E-state index contributed by atoms with van der Waals surface area (Å²) in [5.41, 5.74) is 0.951. The lowest BCUT2D eigenvalue weighted by Gasteiger charge is -2.04. The molecule has 1 aromatic heterocycles. The molecule has 0 saturated carbocycles. The minimum absolute atomic E-state index is 0.0165. The SMILES string of the molecule is O=C(O)CCCCCNC(=O)CCc1cnc[nH]1. The molecule has 0 unspecified atom stereocenters. The van der Waals surface area contributed by atoms with E-state index in [4.69, 9.17) is 5.11 Å². The number of aliphatic carboxylic acids is 1. The third kappa shape index (κ3) is 6.67. The number of nitrogens with one attached hydrogen (secondary N) is 2. The second kappa shape index (κ2) is 8.27. The molecule has 0 atom stereocenters. The number of carbonyl (C=O) groups excluding carboxylic acids is 1. The van der Waals surface area contributed by atoms with E-state index < -0.39 is 5.97 Å². The van der Waals surface area contributed by atoms with E-state index in [0.29, 0.717) is 25.8 Å². The van der Waals surface area contributed by atoms with Crippen molar-refractivity contribution in [2.75, 3.05) is 6.54 Å². The van der Waals surface area contributed by atoms with Crippen molar-refractivity contribution in [3.8, 4) is 0 Å². The molecule has 6 heteroatoms. The van der Waals surface area contributed by atoms with E-state index in [1.54, 1.807) is 12.5 Å². The molecular weight excluding hydrogens is 234 g/mol. The predicted molar refractivity (Wildman–Crippen MR) is 66.0 cm³/mol. The zero-order valence-corrected chi connectivity index (χ0v) is 10.3. The molecule has 0 spiro atoms. The van der Waals surface area contributed by atoms with Crippen molar-refractivity contribution in [3.05, 3.63) is 18.2 Å². The zero-order chi connectivity index (χ0) is 13.2. The van der Waals surface area contributed by atoms with E-state index in [9.17, 15) is 9.59 Å². The molecule has 0 bridgehead atoms. The molecule has 1 amide bonds. The number of aromatic nitrogens is 2. The van der Waals surface area contributed by atoms with Crippen LogP contribution >= 0.6 is 0 Å². The van der Waals surface area contributed by atoms with Gasteiger partial charge in [0.15, 0.2) is 0 Å². The lowest BCUT2D eigenvalue weighted by molar-refractivity contribution is -0.137. The van der Waals surface area contributed by atoms with Crippen LogP contribution in [0.2, 0.25) is 0 Å². The maximum Gasteiger partial charge on any atom is 0.303 e. The fourth-order valence-electron chi connectivity index (χ4n) is 1.56. The number of hydrogen-bond donors (Lipinski definition) is 3. The number of aromatic amines is 1. The standard InChI is InChI=1S/C12H19N3O3/c16-11(6-5-10-8-13-9-15-10)14-7-3-1-2-4-12(17)18/h8-9H,1-7H2,(H,13,15)(H,14,16)(H,17,18). The van der Waals surface area contributed by atoms with Crippen LogP contribution in [-0.4, -0.2) is 33.5 Å². The van der Waals surface area contributed by atoms with Crippen molar-refractivity contribution in [3.63, 3.8) is 0 Å². The number of carboxylic acid groups (broad SMARTS) is 1. The quantitative estimate of drug-likeness (QED) is 0.574. The molecule has 3 N–H and O–H groups in total. The fourth-order valence-corrected chi connectivity index (χ4v) is 1.56. The van der Waals surface area contributed by atoms with Gasteiger partial charge in [0, 0.05) is 31.3 Å². The first-order chi connectivity index (χ1) is 8.68. The van der Waals surface area contributed by atoms with E-state index in [-0.39, 0.29) is 12.3 Å². The monoisotopic (exact) mass is 253 g/mol. The lowest BCUT2D eigenvalue weighted by atomic mass is 10.2. The van der Waals surface area contributed by atoms with Gasteiger partial charge in [-0.05, 0) is 19.3 Å². The summed E-state index contributed by atoms with van der Waals surface area (Å²) in [5, 5.41) is 11.3. The Morgan fingerprint density at radius 2 is 2.11 bits per heavy atom. The number of amides is 1. The first-order valence-electron chi connectivity index (χ1n) is 6.14. The van der Waals surface area contributed by atoms with Gasteiger partial charge in [0.25, 0.3) is 0 Å². The molecule has 100 valence electrons. The predicted octanol–water partition coefficient (Wildman–Crippen LogP) is 1.10. The van der Waals surface area contributed by atoms with Crippen molar-refractivity contribution in [2.24, 2.45) is 0 Å². The summed E-state index contributed by atoms with van der Waals surface area (Å²) in [6.07, 6.45) is 6.92. The van der Waals surface area contributed by atoms with Gasteiger partial charge < -0.3 is 15.4 Å². The molecule has 18 heavy (non-hydrogen) atoms. The Kier molecular flexibility index (Phi) is 6.53. The van der Waals surface area contributed by atoms with Crippen molar-refractivity contribution in [1.29, 1.82) is 0 Å². The molecule has 1 heterocycles. The van der Waals surface area contributed by atoms with Crippen molar-refractivity contribution < 1.29 is 14.7 Å². The van der Waals surface area contributed by atoms with Gasteiger partial charge in [0.2, 0.25) is 5.91 Å². The van der Waals surface area contributed by atoms with Crippen LogP contribution in [0, 0.1) is 0 Å². The molecular formula is C12H19N3O3. The normalized spacial score (nSPS) is 10.2. The van der Waals surface area contributed by atoms with Crippen LogP contribution < -0.4 is 5.32 Å². The largest absolute Gasteiger partial charge is 0.481 e. The van der Waals surface area contributed by atoms with Gasteiger partial charge in [-0.25, -0.2) is 4.98 Å². The van der Waals surface area contributed by atoms with Gasteiger partial charge in [0.05, 0.1) is 6.33 Å². The van der Waals surface area contributed by atoms with E-state index in [1.807, 2.05) is 0 Å². The van der Waals surface area contributed by atoms with E-state index in [0.717, 1.165) is 18.5 Å². The molecule has 0 aliphatic heterocycles. The third-order valence-electron chi connectivity index (χ3n) is 2.57. The summed E-state index contributed by atoms with van der Waals surface area (Å²) >= 11 is 0. The van der Waals surface area contributed by atoms with Crippen LogP contribution in [0.4, 0.5) is 0 Å². The number of hydrogen-bond acceptors (Lipinski definition) is 3. The Labute approximate surface area is 106 Å². The Balaban J connectivity index is 1.95. The van der Waals surface area contributed by atoms with Crippen LogP contribution in [-0.2, 0) is 16.0 Å². The highest BCUT2D eigenvalue weighted by Gasteiger charge is 2.02. The maximum absolute atomic E-state index is 11.4. The van der Waals surface area contributed by atoms with Gasteiger partial charge in [-0.2, -0.15) is 0 Å². The molecule has 0 aromatic carbocycles. The number of rotatable bonds is 9. The third-order valence-corrected chi connectivity index (χ3v) is 2.57. The minimum atomic E-state index is -0.765. The number of carboxylic acids is 1. The highest BCUT2D eigenvalue weighted by Crippen LogP contribution is 1.99. The second-order valence-electron chi connectivity index (χ2n) is 4.13. The molecule has 6 nitrogen and oxygen atoms in total. The lowest BCUT2D eigenvalue weighted by Crippen LogP contribution is -2.24. The van der Waals surface area contributed by atoms with Gasteiger partial charge in [-0.3, -0.25) is 9.59 Å². The summed E-state index contributed by atoms with van der Waals surface area (Å²) in [7, 11) is 0. The highest BCUT2D eigenvalue weighted by atomic mass is 16.4. The molecule has 0 aliphatic carbocycles. The summed E-state index contributed by atoms with van der Waals surface area (Å²) in [5.74, 6) is -0.749. The van der Waals surface area contributed by atoms with Crippen molar-refractivity contribution in [2.45, 2.75) is 38.5 Å². The van der Waals surface area contributed by atoms with E-state index >= 15 is 0 Å². The van der Waals surface area contributed by atoms with E-state index in [1.165, 1.54) is 0 Å². The second-order valence-corrected chi connectivity index (χ2v) is 4.13. The number of carbonyl (C=O) groups is 2. The van der Waals surface area contributed by atoms with Crippen LogP contribution in [0.5, 0.6) is 0 Å². The zero-order valence-electron chi connectivity index (χ0n) is 10.3. The molecule has 1 rings (SSSR count). The Morgan fingerprint density at radius 1 is 1.28 bits per heavy atom. The van der Waals surface area contributed by atoms with Crippen LogP contribution in [0.3, 0.4) is 0 Å². The first-order valence-corrected chi connectivity index (χ1v) is 6.14. The summed E-state index contributed by atoms with van der Waals surface area (Å²) < 4.78 is 0. The van der Waals surface area contributed by atoms with Crippen molar-refractivity contribution in [1.82, 2.24) is 15.3 Å². The average molecular weight is 253 g/mol. The minimum Gasteiger partial charge on any atom is -0.481 e. The van der Waals surface area contributed by atoms with Crippen LogP contribution in [0.1, 0.15) is 37.8 Å². The number of unbranched alkanes of at least 4 members (excludes halogenated alkanes) is 2. The Hall–Kier alpha value is -1.85. The van der Waals surface area contributed by atoms with Gasteiger partial charge in [-0.1, -0.05) is 6.42 Å². The molecule has 0 fully saturated rings. The van der Waals surface area contributed by atoms with Crippen LogP contribution in [0.25, 0.3) is 0 Å². The fraction of sp³-hybridized carbons (Fsp3) is 0.583. The smallest absolute Gasteiger partial charge is 0.303 e. The summed E-state index contributed by atoms with van der Waals surface area (Å²) in [6, 6.07) is 0. The van der Waals surface area contributed by atoms with Crippen molar-refractivity contribution >= 4 is 11.9 Å². The molecule has 0 aliphatic rings. The Morgan fingerprint density at radius 3 is 2.78 bits per heavy atom. The number of H-pyrrole nitrogens is 1. The molecule has 0 radical (unpaired) electrons. The topological polar surface area (TPSA) is 95.1 Å². The molecule has 1 aromatic rings. The number of aryl methyl sites for hydroxylation is 1. The average Bonchev–Trinajstić information content (AvgIpc) is 2.83. The van der Waals surface area contributed by atoms with E-state index in [2.05, 4.69) is 15.3 Å². The van der Waals surface area contributed by atoms with Gasteiger partial charge in [-0.15, -0.1) is 0 Å². The summed E-state index contributed by atoms with van der Waals surface area (Å²) in [4.78, 5) is 28.5. The highest BCUT2D eigenvalue weighted by molar-refractivity contribution is 5.76. The number of imidazole rings is 1. The van der Waals surface area contributed by atoms with Gasteiger partial charge >= 0.3 is 5.97 Å². The van der Waals surface area contributed by atoms with Crippen LogP contribution in [0.15, 0.2) is 12.5 Å². The van der Waals surface area contributed by atoms with Gasteiger partial charge in [0.1, 0.15) is 0 Å².